The molecule has 238 valence electrons. The molecular weight excluding hydrogens is 584 g/mol. The lowest BCUT2D eigenvalue weighted by Crippen LogP contribution is -2.29. The monoisotopic (exact) mass is 624 g/mol. The Morgan fingerprint density at radius 3 is 2.36 bits per heavy atom. The number of rotatable bonds is 10. The van der Waals surface area contributed by atoms with Crippen molar-refractivity contribution in [3.8, 4) is 28.2 Å². The molecule has 1 aliphatic heterocycles. The summed E-state index contributed by atoms with van der Waals surface area (Å²) < 4.78 is 14.5. The lowest BCUT2D eigenvalue weighted by Gasteiger charge is -2.23. The first kappa shape index (κ1) is 31.5. The van der Waals surface area contributed by atoms with Gasteiger partial charge < -0.3 is 19.2 Å². The van der Waals surface area contributed by atoms with Gasteiger partial charge >= 0.3 is 0 Å². The van der Waals surface area contributed by atoms with E-state index in [0.29, 0.717) is 11.3 Å². The minimum atomic E-state index is -0.433. The zero-order chi connectivity index (χ0) is 32.9. The lowest BCUT2D eigenvalue weighted by molar-refractivity contribution is -0.213. The second-order valence-corrected chi connectivity index (χ2v) is 11.3. The molecular formula is C40H40N4O3. The van der Waals surface area contributed by atoms with Crippen LogP contribution in [0.4, 0.5) is 5.69 Å². The SMILES string of the molecule is CCN(CC)c1ccc2c(-c3ccccc3/C([O-])=N/N=C/c3c(OC)ccc4ccccc34)c3ccc(=[N+](CC)CC)cc-3oc2c1. The van der Waals surface area contributed by atoms with E-state index < -0.39 is 5.90 Å². The highest BCUT2D eigenvalue weighted by molar-refractivity contribution is 6.09. The smallest absolute Gasteiger partial charge is 0.203 e. The Morgan fingerprint density at radius 2 is 1.60 bits per heavy atom. The molecule has 4 aromatic carbocycles. The highest BCUT2D eigenvalue weighted by Gasteiger charge is 2.21. The number of methoxy groups -OCH3 is 1. The van der Waals surface area contributed by atoms with Gasteiger partial charge in [-0.15, -0.1) is 0 Å². The molecule has 0 radical (unpaired) electrons. The average Bonchev–Trinajstić information content (AvgIpc) is 3.11. The van der Waals surface area contributed by atoms with E-state index in [1.807, 2.05) is 60.7 Å². The summed E-state index contributed by atoms with van der Waals surface area (Å²) in [5.74, 6) is 0.987. The van der Waals surface area contributed by atoms with Gasteiger partial charge in [0.15, 0.2) is 0 Å². The summed E-state index contributed by atoms with van der Waals surface area (Å²) >= 11 is 0. The summed E-state index contributed by atoms with van der Waals surface area (Å²) in [6.07, 6.45) is 1.59. The van der Waals surface area contributed by atoms with Gasteiger partial charge in [-0.1, -0.05) is 54.6 Å². The van der Waals surface area contributed by atoms with Gasteiger partial charge in [0.05, 0.1) is 19.4 Å². The Morgan fingerprint density at radius 1 is 0.830 bits per heavy atom. The van der Waals surface area contributed by atoms with Crippen molar-refractivity contribution in [3.05, 3.63) is 114 Å². The summed E-state index contributed by atoms with van der Waals surface area (Å²) in [6.45, 7) is 12.1. The van der Waals surface area contributed by atoms with Gasteiger partial charge in [-0.25, -0.2) is 4.58 Å². The Labute approximate surface area is 275 Å². The van der Waals surface area contributed by atoms with Gasteiger partial charge in [0.1, 0.15) is 30.2 Å². The predicted molar refractivity (Wildman–Crippen MR) is 193 cm³/mol. The van der Waals surface area contributed by atoms with E-state index in [4.69, 9.17) is 9.15 Å². The van der Waals surface area contributed by atoms with Crippen molar-refractivity contribution in [2.75, 3.05) is 38.2 Å². The molecule has 0 amide bonds. The van der Waals surface area contributed by atoms with Crippen LogP contribution in [0.3, 0.4) is 0 Å². The quantitative estimate of drug-likeness (QED) is 0.0533. The van der Waals surface area contributed by atoms with Crippen LogP contribution in [0.25, 0.3) is 44.2 Å². The van der Waals surface area contributed by atoms with Crippen molar-refractivity contribution >= 4 is 39.5 Å². The summed E-state index contributed by atoms with van der Waals surface area (Å²) in [5.41, 5.74) is 5.71. The first-order valence-corrected chi connectivity index (χ1v) is 16.3. The molecule has 0 aromatic heterocycles. The van der Waals surface area contributed by atoms with E-state index in [0.717, 1.165) is 87.0 Å². The molecule has 7 nitrogen and oxygen atoms in total. The van der Waals surface area contributed by atoms with Crippen LogP contribution in [-0.4, -0.2) is 45.4 Å². The van der Waals surface area contributed by atoms with Crippen LogP contribution in [-0.2, 0) is 0 Å². The Hall–Kier alpha value is -5.43. The number of nitrogens with zero attached hydrogens (tertiary/aromatic N) is 4. The van der Waals surface area contributed by atoms with Gasteiger partial charge in [-0.3, -0.25) is 0 Å². The summed E-state index contributed by atoms with van der Waals surface area (Å²) in [4.78, 5) is 2.30. The highest BCUT2D eigenvalue weighted by Crippen LogP contribution is 2.42. The van der Waals surface area contributed by atoms with Crippen LogP contribution >= 0.6 is 0 Å². The second kappa shape index (κ2) is 13.9. The maximum atomic E-state index is 13.8. The molecule has 0 bridgehead atoms. The maximum Gasteiger partial charge on any atom is 0.203 e. The molecule has 0 fully saturated rings. The molecule has 0 saturated heterocycles. The van der Waals surface area contributed by atoms with E-state index in [2.05, 4.69) is 83.8 Å². The van der Waals surface area contributed by atoms with Crippen molar-refractivity contribution in [1.29, 1.82) is 0 Å². The second-order valence-electron chi connectivity index (χ2n) is 11.3. The molecule has 7 heteroatoms. The van der Waals surface area contributed by atoms with Gasteiger partial charge in [-0.2, -0.15) is 10.2 Å². The zero-order valence-electron chi connectivity index (χ0n) is 27.7. The first-order chi connectivity index (χ1) is 23.0. The normalized spacial score (nSPS) is 12.0. The van der Waals surface area contributed by atoms with Gasteiger partial charge in [0.25, 0.3) is 0 Å². The third-order valence-corrected chi connectivity index (χ3v) is 8.86. The molecule has 0 atom stereocenters. The van der Waals surface area contributed by atoms with E-state index in [9.17, 15) is 5.11 Å². The Balaban J connectivity index is 1.54. The lowest BCUT2D eigenvalue weighted by atomic mass is 9.90. The minimum Gasteiger partial charge on any atom is -0.857 e. The summed E-state index contributed by atoms with van der Waals surface area (Å²) in [7, 11) is 1.62. The molecule has 0 saturated carbocycles. The standard InChI is InChI=1S/C40H40N4O3/c1-6-43(7-2)28-19-21-33-37(24-28)47-38-25-29(44(8-3)9-4)20-22-34(38)39(33)31-16-12-13-17-32(31)40(45)42-41-26-35-30-15-11-10-14-27(30)18-23-36(35)46-5/h10-26H,6-9H2,1-5H3. The highest BCUT2D eigenvalue weighted by atomic mass is 16.5. The predicted octanol–water partition coefficient (Wildman–Crippen LogP) is 7.17. The van der Waals surface area contributed by atoms with Crippen LogP contribution < -0.4 is 24.7 Å². The topological polar surface area (TPSA) is 76.4 Å². The molecule has 0 spiro atoms. The van der Waals surface area contributed by atoms with E-state index in [-0.39, 0.29) is 0 Å². The molecule has 4 aromatic rings. The van der Waals surface area contributed by atoms with Crippen LogP contribution in [0, 0.1) is 0 Å². The van der Waals surface area contributed by atoms with Crippen LogP contribution in [0.1, 0.15) is 38.8 Å². The van der Waals surface area contributed by atoms with Crippen molar-refractivity contribution in [1.82, 2.24) is 4.58 Å². The number of ether oxygens (including phenoxy) is 1. The molecule has 1 heterocycles. The van der Waals surface area contributed by atoms with E-state index >= 15 is 0 Å². The fourth-order valence-corrected chi connectivity index (χ4v) is 6.40. The molecule has 2 aliphatic rings. The maximum absolute atomic E-state index is 13.8. The number of benzene rings is 5. The van der Waals surface area contributed by atoms with Crippen molar-refractivity contribution in [2.45, 2.75) is 27.7 Å². The Kier molecular flexibility index (Phi) is 9.34. The number of fused-ring (bicyclic) bond motifs is 3. The fourth-order valence-electron chi connectivity index (χ4n) is 6.40. The molecule has 0 unspecified atom stereocenters. The molecule has 1 aliphatic carbocycles. The number of anilines is 1. The Bertz CT molecular complexity index is 2150. The van der Waals surface area contributed by atoms with E-state index in [1.165, 1.54) is 0 Å². The van der Waals surface area contributed by atoms with Crippen molar-refractivity contribution < 1.29 is 14.3 Å². The summed E-state index contributed by atoms with van der Waals surface area (Å²) in [5, 5.41) is 26.3. The minimum absolute atomic E-state index is 0.433. The van der Waals surface area contributed by atoms with Crippen LogP contribution in [0.2, 0.25) is 0 Å². The van der Waals surface area contributed by atoms with Gasteiger partial charge in [0.2, 0.25) is 5.36 Å². The fraction of sp³-hybridized carbons (Fsp3) is 0.225. The third kappa shape index (κ3) is 6.09. The van der Waals surface area contributed by atoms with Gasteiger partial charge in [0, 0.05) is 58.9 Å². The third-order valence-electron chi connectivity index (χ3n) is 8.86. The zero-order valence-corrected chi connectivity index (χ0v) is 27.7. The molecule has 0 N–H and O–H groups in total. The number of hydrogen-bond acceptors (Lipinski definition) is 6. The molecule has 47 heavy (non-hydrogen) atoms. The van der Waals surface area contributed by atoms with Crippen molar-refractivity contribution in [2.24, 2.45) is 10.2 Å². The van der Waals surface area contributed by atoms with Gasteiger partial charge in [-0.05, 0) is 73.9 Å². The van der Waals surface area contributed by atoms with Crippen LogP contribution in [0.15, 0.2) is 112 Å². The first-order valence-electron chi connectivity index (χ1n) is 16.3. The average molecular weight is 625 g/mol. The van der Waals surface area contributed by atoms with Crippen molar-refractivity contribution in [3.63, 3.8) is 0 Å². The number of hydrogen-bond donors (Lipinski definition) is 0. The summed E-state index contributed by atoms with van der Waals surface area (Å²) in [6, 6.07) is 32.1. The van der Waals surface area contributed by atoms with Crippen LogP contribution in [0.5, 0.6) is 5.75 Å². The van der Waals surface area contributed by atoms with E-state index in [1.54, 1.807) is 13.3 Å². The largest absolute Gasteiger partial charge is 0.857 e. The molecule has 6 rings (SSSR count).